The van der Waals surface area contributed by atoms with Crippen molar-refractivity contribution in [2.75, 3.05) is 20.2 Å². The van der Waals surface area contributed by atoms with Crippen molar-refractivity contribution in [1.29, 1.82) is 0 Å². The van der Waals surface area contributed by atoms with Gasteiger partial charge in [-0.3, -0.25) is 9.79 Å². The van der Waals surface area contributed by atoms with Gasteiger partial charge >= 0.3 is 6.36 Å². The fourth-order valence-corrected chi connectivity index (χ4v) is 3.11. The highest BCUT2D eigenvalue weighted by Gasteiger charge is 2.31. The lowest BCUT2D eigenvalue weighted by molar-refractivity contribution is -0.274. The summed E-state index contributed by atoms with van der Waals surface area (Å²) in [6, 6.07) is 7.37. The Morgan fingerprint density at radius 2 is 1.94 bits per heavy atom. The molecule has 0 aliphatic carbocycles. The molecule has 7 nitrogen and oxygen atoms in total. The van der Waals surface area contributed by atoms with E-state index >= 15 is 0 Å². The molecule has 1 aromatic carbocycles. The van der Waals surface area contributed by atoms with E-state index < -0.39 is 12.1 Å². The normalized spacial score (nSPS) is 12.6. The number of carbonyl (C=O) groups excluding carboxylic acids is 1. The molecule has 10 heteroatoms. The zero-order valence-electron chi connectivity index (χ0n) is 19.8. The van der Waals surface area contributed by atoms with Crippen LogP contribution in [0, 0.1) is 6.92 Å². The van der Waals surface area contributed by atoms with Crippen LogP contribution in [0.4, 0.5) is 13.2 Å². The molecule has 2 rings (SSSR count). The summed E-state index contributed by atoms with van der Waals surface area (Å²) in [5.41, 5.74) is 1.91. The summed E-state index contributed by atoms with van der Waals surface area (Å²) in [4.78, 5) is 22.8. The highest BCUT2D eigenvalue weighted by Crippen LogP contribution is 2.25. The third kappa shape index (κ3) is 7.50. The lowest BCUT2D eigenvalue weighted by Gasteiger charge is -2.29. The van der Waals surface area contributed by atoms with Crippen LogP contribution in [0.3, 0.4) is 0 Å². The highest BCUT2D eigenvalue weighted by atomic mass is 19.4. The van der Waals surface area contributed by atoms with E-state index in [-0.39, 0.29) is 24.4 Å². The molecule has 1 aromatic heterocycles. The molecule has 0 fully saturated rings. The molecule has 2 aromatic rings. The van der Waals surface area contributed by atoms with E-state index in [0.29, 0.717) is 29.3 Å². The number of alkyl halides is 3. The lowest BCUT2D eigenvalue weighted by atomic mass is 10.0. The maximum atomic E-state index is 13.4. The van der Waals surface area contributed by atoms with E-state index in [9.17, 15) is 18.0 Å². The first kappa shape index (κ1) is 26.7. The first-order valence-corrected chi connectivity index (χ1v) is 10.5. The average Bonchev–Trinajstić information content (AvgIpc) is 2.77. The van der Waals surface area contributed by atoms with Gasteiger partial charge in [0.2, 0.25) is 5.88 Å². The number of hydrogen-bond acceptors (Lipinski definition) is 6. The Balaban J connectivity index is 2.14. The van der Waals surface area contributed by atoms with Crippen molar-refractivity contribution in [3.8, 4) is 11.6 Å². The first-order chi connectivity index (χ1) is 15.9. The number of likely N-dealkylation sites (N-methyl/N-ethyl adjacent to an activating group) is 1. The Morgan fingerprint density at radius 3 is 2.50 bits per heavy atom. The van der Waals surface area contributed by atoms with Crippen LogP contribution in [0.5, 0.6) is 11.6 Å². The van der Waals surface area contributed by atoms with Crippen LogP contribution in [-0.4, -0.2) is 54.3 Å². The minimum absolute atomic E-state index is 0.0757. The Kier molecular flexibility index (Phi) is 9.05. The van der Waals surface area contributed by atoms with Crippen LogP contribution in [0.2, 0.25) is 0 Å². The smallest absolute Gasteiger partial charge is 0.475 e. The standard InChI is InChI=1S/C24H28F3N3O4/c1-7-30(16(3)14-32-22-11-9-19(13-29-22)34-24(25,26)27)23(31)20-10-8-15(2)12-21(20)17(4)33-18(5)28-6/h8-13,16H,4,7,14H2,1-3,5-6H3/b28-18-/t16-/m0/s1. The summed E-state index contributed by atoms with van der Waals surface area (Å²) in [6.45, 7) is 11.6. The maximum absolute atomic E-state index is 13.4. The Labute approximate surface area is 196 Å². The summed E-state index contributed by atoms with van der Waals surface area (Å²) >= 11 is 0. The second kappa shape index (κ2) is 11.5. The second-order valence-electron chi connectivity index (χ2n) is 7.45. The van der Waals surface area contributed by atoms with Crippen molar-refractivity contribution in [1.82, 2.24) is 9.88 Å². The number of amides is 1. The summed E-state index contributed by atoms with van der Waals surface area (Å²) in [5, 5.41) is 0. The monoisotopic (exact) mass is 479 g/mol. The zero-order chi connectivity index (χ0) is 25.5. The van der Waals surface area contributed by atoms with Crippen LogP contribution >= 0.6 is 0 Å². The number of hydrogen-bond donors (Lipinski definition) is 0. The molecule has 0 N–H and O–H groups in total. The summed E-state index contributed by atoms with van der Waals surface area (Å²) in [5.74, 6) is 0.137. The minimum Gasteiger partial charge on any atom is -0.475 e. The number of benzene rings is 1. The zero-order valence-corrected chi connectivity index (χ0v) is 19.8. The van der Waals surface area contributed by atoms with E-state index in [1.807, 2.05) is 26.0 Å². The van der Waals surface area contributed by atoms with Crippen LogP contribution in [0.25, 0.3) is 5.76 Å². The molecule has 0 aliphatic heterocycles. The van der Waals surface area contributed by atoms with Gasteiger partial charge in [-0.2, -0.15) is 0 Å². The maximum Gasteiger partial charge on any atom is 0.573 e. The van der Waals surface area contributed by atoms with Crippen LogP contribution < -0.4 is 9.47 Å². The van der Waals surface area contributed by atoms with Crippen LogP contribution in [0.15, 0.2) is 48.1 Å². The van der Waals surface area contributed by atoms with Gasteiger partial charge in [0.15, 0.2) is 5.90 Å². The number of carbonyl (C=O) groups is 1. The highest BCUT2D eigenvalue weighted by molar-refractivity contribution is 5.99. The van der Waals surface area contributed by atoms with Crippen molar-refractivity contribution in [3.05, 3.63) is 59.8 Å². The molecule has 0 saturated heterocycles. The van der Waals surface area contributed by atoms with Gasteiger partial charge in [-0.05, 0) is 39.0 Å². The third-order valence-corrected chi connectivity index (χ3v) is 4.84. The molecule has 1 heterocycles. The predicted octanol–water partition coefficient (Wildman–Crippen LogP) is 5.25. The predicted molar refractivity (Wildman–Crippen MR) is 123 cm³/mol. The number of nitrogens with zero attached hydrogens (tertiary/aromatic N) is 3. The molecule has 0 unspecified atom stereocenters. The molecule has 0 aliphatic rings. The van der Waals surface area contributed by atoms with E-state index in [1.54, 1.807) is 31.9 Å². The Morgan fingerprint density at radius 1 is 1.24 bits per heavy atom. The van der Waals surface area contributed by atoms with E-state index in [0.717, 1.165) is 17.8 Å². The summed E-state index contributed by atoms with van der Waals surface area (Å²) in [7, 11) is 1.59. The van der Waals surface area contributed by atoms with Gasteiger partial charge in [-0.15, -0.1) is 13.2 Å². The number of aromatic nitrogens is 1. The number of aliphatic imine (C=N–C) groups is 1. The van der Waals surface area contributed by atoms with Crippen molar-refractivity contribution in [3.63, 3.8) is 0 Å². The number of aryl methyl sites for hydroxylation is 1. The average molecular weight is 479 g/mol. The van der Waals surface area contributed by atoms with Gasteiger partial charge in [0.1, 0.15) is 18.1 Å². The molecule has 0 saturated carbocycles. The molecule has 1 atom stereocenters. The molecular formula is C24H28F3N3O4. The van der Waals surface area contributed by atoms with Crippen molar-refractivity contribution in [2.45, 2.75) is 40.1 Å². The third-order valence-electron chi connectivity index (χ3n) is 4.84. The quantitative estimate of drug-likeness (QED) is 0.279. The summed E-state index contributed by atoms with van der Waals surface area (Å²) in [6.07, 6.45) is -3.88. The summed E-state index contributed by atoms with van der Waals surface area (Å²) < 4.78 is 51.8. The van der Waals surface area contributed by atoms with Crippen molar-refractivity contribution in [2.24, 2.45) is 4.99 Å². The fourth-order valence-electron chi connectivity index (χ4n) is 3.11. The van der Waals surface area contributed by atoms with Gasteiger partial charge < -0.3 is 19.1 Å². The number of halogens is 3. The number of ether oxygens (including phenoxy) is 3. The molecule has 0 radical (unpaired) electrons. The lowest BCUT2D eigenvalue weighted by Crippen LogP contribution is -2.42. The van der Waals surface area contributed by atoms with Gasteiger partial charge in [0.05, 0.1) is 17.8 Å². The molecular weight excluding hydrogens is 451 g/mol. The SMILES string of the molecule is C=C(O/C(C)=N\C)c1cc(C)ccc1C(=O)N(CC)[C@@H](C)COc1ccc(OC(F)(F)F)cn1. The van der Waals surface area contributed by atoms with Gasteiger partial charge in [-0.1, -0.05) is 18.2 Å². The molecule has 0 bridgehead atoms. The Bertz CT molecular complexity index is 1040. The molecule has 184 valence electrons. The molecule has 1 amide bonds. The van der Waals surface area contributed by atoms with Gasteiger partial charge in [-0.25, -0.2) is 4.98 Å². The van der Waals surface area contributed by atoms with Crippen molar-refractivity contribution < 1.29 is 32.2 Å². The second-order valence-corrected chi connectivity index (χ2v) is 7.45. The van der Waals surface area contributed by atoms with E-state index in [4.69, 9.17) is 9.47 Å². The van der Waals surface area contributed by atoms with Crippen LogP contribution in [-0.2, 0) is 4.74 Å². The molecule has 34 heavy (non-hydrogen) atoms. The fraction of sp³-hybridized carbons (Fsp3) is 0.375. The van der Waals surface area contributed by atoms with Gasteiger partial charge in [0.25, 0.3) is 5.91 Å². The number of rotatable bonds is 9. The van der Waals surface area contributed by atoms with Gasteiger partial charge in [0, 0.05) is 32.1 Å². The van der Waals surface area contributed by atoms with E-state index in [2.05, 4.69) is 21.3 Å². The Hall–Kier alpha value is -3.56. The van der Waals surface area contributed by atoms with E-state index in [1.165, 1.54) is 6.07 Å². The minimum atomic E-state index is -4.80. The van der Waals surface area contributed by atoms with Crippen molar-refractivity contribution >= 4 is 17.6 Å². The first-order valence-electron chi connectivity index (χ1n) is 10.5. The molecule has 0 spiro atoms. The number of pyridine rings is 1. The largest absolute Gasteiger partial charge is 0.573 e. The van der Waals surface area contributed by atoms with Crippen LogP contribution in [0.1, 0.15) is 42.3 Å². The topological polar surface area (TPSA) is 73.2 Å².